The lowest BCUT2D eigenvalue weighted by Gasteiger charge is -2.25. The van der Waals surface area contributed by atoms with Crippen LogP contribution in [-0.2, 0) is 11.2 Å². The Hall–Kier alpha value is -0.570. The van der Waals surface area contributed by atoms with Crippen molar-refractivity contribution in [1.82, 2.24) is 0 Å². The fraction of sp³-hybridized carbons (Fsp3) is 0.455. The second kappa shape index (κ2) is 4.78. The standard InChI is InChI=1S/C11H15ClO2/c1-11(8-13,14-2)7-9-4-3-5-10(12)6-9/h3-6,13H,7-8H2,1-2H3. The molecule has 1 atom stereocenters. The molecule has 1 aromatic rings. The molecule has 0 fully saturated rings. The maximum Gasteiger partial charge on any atom is 0.0920 e. The number of aliphatic hydroxyl groups excluding tert-OH is 1. The summed E-state index contributed by atoms with van der Waals surface area (Å²) in [6.07, 6.45) is 0.653. The highest BCUT2D eigenvalue weighted by atomic mass is 35.5. The smallest absolute Gasteiger partial charge is 0.0920 e. The van der Waals surface area contributed by atoms with Gasteiger partial charge in [0.15, 0.2) is 0 Å². The van der Waals surface area contributed by atoms with Crippen molar-refractivity contribution in [3.05, 3.63) is 34.9 Å². The number of benzene rings is 1. The first-order valence-corrected chi connectivity index (χ1v) is 4.88. The molecule has 0 bridgehead atoms. The van der Waals surface area contributed by atoms with Crippen molar-refractivity contribution in [1.29, 1.82) is 0 Å². The van der Waals surface area contributed by atoms with Gasteiger partial charge in [-0.05, 0) is 24.6 Å². The Balaban J connectivity index is 2.77. The van der Waals surface area contributed by atoms with Crippen molar-refractivity contribution in [2.24, 2.45) is 0 Å². The number of rotatable bonds is 4. The van der Waals surface area contributed by atoms with E-state index in [2.05, 4.69) is 0 Å². The Kier molecular flexibility index (Phi) is 3.93. The van der Waals surface area contributed by atoms with Gasteiger partial charge in [0, 0.05) is 18.6 Å². The first kappa shape index (κ1) is 11.5. The average Bonchev–Trinajstić information content (AvgIpc) is 2.18. The van der Waals surface area contributed by atoms with E-state index in [1.165, 1.54) is 0 Å². The van der Waals surface area contributed by atoms with Gasteiger partial charge in [0.25, 0.3) is 0 Å². The average molecular weight is 215 g/mol. The van der Waals surface area contributed by atoms with Gasteiger partial charge in [0.05, 0.1) is 12.2 Å². The zero-order valence-electron chi connectivity index (χ0n) is 8.46. The molecule has 2 nitrogen and oxygen atoms in total. The van der Waals surface area contributed by atoms with Gasteiger partial charge in [0.2, 0.25) is 0 Å². The molecule has 0 aliphatic heterocycles. The molecule has 0 aliphatic rings. The molecule has 14 heavy (non-hydrogen) atoms. The number of hydrogen-bond acceptors (Lipinski definition) is 2. The molecule has 0 radical (unpaired) electrons. The number of methoxy groups -OCH3 is 1. The third kappa shape index (κ3) is 2.98. The molecule has 3 heteroatoms. The largest absolute Gasteiger partial charge is 0.393 e. The van der Waals surface area contributed by atoms with E-state index in [9.17, 15) is 0 Å². The van der Waals surface area contributed by atoms with Gasteiger partial charge in [0.1, 0.15) is 0 Å². The van der Waals surface area contributed by atoms with Crippen LogP contribution in [0.2, 0.25) is 5.02 Å². The second-order valence-corrected chi connectivity index (χ2v) is 4.06. The van der Waals surface area contributed by atoms with Gasteiger partial charge in [-0.3, -0.25) is 0 Å². The lowest BCUT2D eigenvalue weighted by molar-refractivity contribution is -0.0368. The van der Waals surface area contributed by atoms with E-state index in [1.54, 1.807) is 7.11 Å². The zero-order chi connectivity index (χ0) is 10.6. The highest BCUT2D eigenvalue weighted by Gasteiger charge is 2.22. The van der Waals surface area contributed by atoms with E-state index >= 15 is 0 Å². The van der Waals surface area contributed by atoms with E-state index in [0.717, 1.165) is 5.56 Å². The van der Waals surface area contributed by atoms with Gasteiger partial charge >= 0.3 is 0 Å². The fourth-order valence-corrected chi connectivity index (χ4v) is 1.48. The molecule has 0 saturated carbocycles. The molecule has 0 aliphatic carbocycles. The Bertz CT molecular complexity index is 295. The summed E-state index contributed by atoms with van der Waals surface area (Å²) >= 11 is 5.86. The minimum absolute atomic E-state index is 0.00396. The van der Waals surface area contributed by atoms with Crippen molar-refractivity contribution in [3.8, 4) is 0 Å². The van der Waals surface area contributed by atoms with Crippen LogP contribution in [0.3, 0.4) is 0 Å². The van der Waals surface area contributed by atoms with E-state index in [4.69, 9.17) is 21.4 Å². The fourth-order valence-electron chi connectivity index (χ4n) is 1.27. The normalized spacial score (nSPS) is 15.1. The van der Waals surface area contributed by atoms with Crippen molar-refractivity contribution in [2.75, 3.05) is 13.7 Å². The first-order valence-electron chi connectivity index (χ1n) is 4.50. The SMILES string of the molecule is COC(C)(CO)Cc1cccc(Cl)c1. The van der Waals surface area contributed by atoms with Crippen LogP contribution >= 0.6 is 11.6 Å². The van der Waals surface area contributed by atoms with Gasteiger partial charge < -0.3 is 9.84 Å². The summed E-state index contributed by atoms with van der Waals surface area (Å²) in [5.41, 5.74) is 0.543. The first-order chi connectivity index (χ1) is 6.59. The van der Waals surface area contributed by atoms with Crippen LogP contribution in [0.25, 0.3) is 0 Å². The minimum atomic E-state index is -0.523. The summed E-state index contributed by atoms with van der Waals surface area (Å²) in [6, 6.07) is 7.58. The van der Waals surface area contributed by atoms with Crippen LogP contribution in [0.5, 0.6) is 0 Å². The van der Waals surface area contributed by atoms with Crippen LogP contribution < -0.4 is 0 Å². The highest BCUT2D eigenvalue weighted by Crippen LogP contribution is 2.18. The lowest BCUT2D eigenvalue weighted by atomic mass is 9.97. The van der Waals surface area contributed by atoms with Gasteiger partial charge in [-0.25, -0.2) is 0 Å². The predicted molar refractivity (Wildman–Crippen MR) is 57.7 cm³/mol. The van der Waals surface area contributed by atoms with Crippen LogP contribution in [0, 0.1) is 0 Å². The zero-order valence-corrected chi connectivity index (χ0v) is 9.21. The van der Waals surface area contributed by atoms with Crippen LogP contribution in [-0.4, -0.2) is 24.4 Å². The number of halogens is 1. The minimum Gasteiger partial charge on any atom is -0.393 e. The maximum absolute atomic E-state index is 9.16. The molecule has 0 heterocycles. The monoisotopic (exact) mass is 214 g/mol. The molecule has 0 saturated heterocycles. The molecule has 0 spiro atoms. The van der Waals surface area contributed by atoms with Crippen molar-refractivity contribution in [2.45, 2.75) is 18.9 Å². The molecule has 0 amide bonds. The maximum atomic E-state index is 9.16. The number of hydrogen-bond donors (Lipinski definition) is 1. The molecule has 0 aromatic heterocycles. The van der Waals surface area contributed by atoms with Crippen molar-refractivity contribution >= 4 is 11.6 Å². The Morgan fingerprint density at radius 2 is 2.21 bits per heavy atom. The highest BCUT2D eigenvalue weighted by molar-refractivity contribution is 6.30. The summed E-state index contributed by atoms with van der Waals surface area (Å²) in [7, 11) is 1.60. The summed E-state index contributed by atoms with van der Waals surface area (Å²) in [4.78, 5) is 0. The van der Waals surface area contributed by atoms with Gasteiger partial charge in [-0.15, -0.1) is 0 Å². The second-order valence-electron chi connectivity index (χ2n) is 3.62. The topological polar surface area (TPSA) is 29.5 Å². The third-order valence-corrected chi connectivity index (χ3v) is 2.53. The van der Waals surface area contributed by atoms with Crippen molar-refractivity contribution < 1.29 is 9.84 Å². The van der Waals surface area contributed by atoms with Crippen molar-refractivity contribution in [3.63, 3.8) is 0 Å². The van der Waals surface area contributed by atoms with Gasteiger partial charge in [-0.2, -0.15) is 0 Å². The predicted octanol–water partition coefficient (Wildman–Crippen LogP) is 2.28. The molecule has 78 valence electrons. The van der Waals surface area contributed by atoms with Crippen LogP contribution in [0.1, 0.15) is 12.5 Å². The Morgan fingerprint density at radius 1 is 1.50 bits per heavy atom. The van der Waals surface area contributed by atoms with E-state index < -0.39 is 5.60 Å². The Labute approximate surface area is 89.5 Å². The molecular weight excluding hydrogens is 200 g/mol. The van der Waals surface area contributed by atoms with E-state index in [0.29, 0.717) is 11.4 Å². The molecule has 1 rings (SSSR count). The summed E-state index contributed by atoms with van der Waals surface area (Å²) in [5.74, 6) is 0. The van der Waals surface area contributed by atoms with Crippen LogP contribution in [0.15, 0.2) is 24.3 Å². The quantitative estimate of drug-likeness (QED) is 0.834. The third-order valence-electron chi connectivity index (χ3n) is 2.29. The molecule has 1 aromatic carbocycles. The summed E-state index contributed by atoms with van der Waals surface area (Å²) in [6.45, 7) is 1.86. The molecular formula is C11H15ClO2. The molecule has 1 N–H and O–H groups in total. The summed E-state index contributed by atoms with van der Waals surface area (Å²) < 4.78 is 5.24. The lowest BCUT2D eigenvalue weighted by Crippen LogP contribution is -2.34. The number of ether oxygens (including phenoxy) is 1. The Morgan fingerprint density at radius 3 is 2.71 bits per heavy atom. The van der Waals surface area contributed by atoms with Crippen LogP contribution in [0.4, 0.5) is 0 Å². The summed E-state index contributed by atoms with van der Waals surface area (Å²) in [5, 5.41) is 9.87. The van der Waals surface area contributed by atoms with E-state index in [1.807, 2.05) is 31.2 Å². The van der Waals surface area contributed by atoms with E-state index in [-0.39, 0.29) is 6.61 Å². The number of aliphatic hydroxyl groups is 1. The molecule has 1 unspecified atom stereocenters. The van der Waals surface area contributed by atoms with Gasteiger partial charge in [-0.1, -0.05) is 23.7 Å².